The largest absolute Gasteiger partial charge is 0.461 e. The van der Waals surface area contributed by atoms with Crippen LogP contribution in [0.3, 0.4) is 0 Å². The van der Waals surface area contributed by atoms with Crippen molar-refractivity contribution in [2.45, 2.75) is 12.8 Å². The van der Waals surface area contributed by atoms with Crippen LogP contribution in [0.25, 0.3) is 22.5 Å². The highest BCUT2D eigenvalue weighted by molar-refractivity contribution is 5.91. The van der Waals surface area contributed by atoms with Gasteiger partial charge in [0.05, 0.1) is 38.2 Å². The number of anilines is 1. The number of nitrogens with one attached hydrogen (secondary N) is 1. The monoisotopic (exact) mass is 522 g/mol. The van der Waals surface area contributed by atoms with Crippen molar-refractivity contribution in [1.29, 1.82) is 0 Å². The molecule has 2 aromatic heterocycles. The molecule has 10 heteroatoms. The number of carbonyl (C=O) groups excluding carboxylic acids is 1. The molecule has 2 aliphatic rings. The zero-order valence-electron chi connectivity index (χ0n) is 22.0. The number of hydrogen-bond acceptors (Lipinski definition) is 9. The number of hydrogen-bond donors (Lipinski definition) is 1. The third-order valence-electron chi connectivity index (χ3n) is 7.09. The van der Waals surface area contributed by atoms with E-state index in [1.807, 2.05) is 36.4 Å². The van der Waals surface area contributed by atoms with E-state index in [9.17, 15) is 4.79 Å². The van der Waals surface area contributed by atoms with Crippen molar-refractivity contribution in [3.8, 4) is 11.6 Å². The van der Waals surface area contributed by atoms with Crippen molar-refractivity contribution in [2.24, 2.45) is 0 Å². The van der Waals surface area contributed by atoms with Gasteiger partial charge < -0.3 is 24.1 Å². The van der Waals surface area contributed by atoms with Gasteiger partial charge in [0.1, 0.15) is 5.82 Å². The smallest absolute Gasteiger partial charge is 0.221 e. The lowest BCUT2D eigenvalue weighted by Gasteiger charge is -2.29. The van der Waals surface area contributed by atoms with E-state index in [-0.39, 0.29) is 5.91 Å². The lowest BCUT2D eigenvalue weighted by Crippen LogP contribution is -2.42. The van der Waals surface area contributed by atoms with Gasteiger partial charge in [0.15, 0.2) is 11.6 Å². The molecule has 2 aliphatic heterocycles. The number of ether oxygens (including phenoxy) is 2. The fraction of sp³-hybridized carbons (Fsp3) is 0.536. The average molecular weight is 523 g/mol. The van der Waals surface area contributed by atoms with Gasteiger partial charge in [-0.05, 0) is 30.7 Å². The molecule has 1 aromatic carbocycles. The van der Waals surface area contributed by atoms with E-state index in [4.69, 9.17) is 23.9 Å². The first-order valence-electron chi connectivity index (χ1n) is 13.7. The first-order valence-corrected chi connectivity index (χ1v) is 13.7. The first kappa shape index (κ1) is 26.6. The summed E-state index contributed by atoms with van der Waals surface area (Å²) in [7, 11) is 0. The van der Waals surface area contributed by atoms with Crippen molar-refractivity contribution in [1.82, 2.24) is 25.1 Å². The molecule has 0 saturated carbocycles. The van der Waals surface area contributed by atoms with Gasteiger partial charge >= 0.3 is 0 Å². The Balaban J connectivity index is 1.28. The molecule has 10 nitrogen and oxygen atoms in total. The van der Waals surface area contributed by atoms with Gasteiger partial charge in [-0.2, -0.15) is 0 Å². The fourth-order valence-corrected chi connectivity index (χ4v) is 4.95. The Kier molecular flexibility index (Phi) is 9.54. The molecule has 2 fully saturated rings. The molecule has 1 N–H and O–H groups in total. The normalized spacial score (nSPS) is 17.1. The van der Waals surface area contributed by atoms with Crippen LogP contribution in [0, 0.1) is 0 Å². The van der Waals surface area contributed by atoms with Crippen molar-refractivity contribution < 1.29 is 18.7 Å². The maximum Gasteiger partial charge on any atom is 0.221 e. The summed E-state index contributed by atoms with van der Waals surface area (Å²) in [5.74, 6) is 2.08. The zero-order valence-corrected chi connectivity index (χ0v) is 22.0. The first-order chi connectivity index (χ1) is 18.8. The number of rotatable bonds is 12. The summed E-state index contributed by atoms with van der Waals surface area (Å²) < 4.78 is 16.5. The van der Waals surface area contributed by atoms with E-state index >= 15 is 0 Å². The van der Waals surface area contributed by atoms with Gasteiger partial charge in [-0.25, -0.2) is 9.97 Å². The van der Waals surface area contributed by atoms with Gasteiger partial charge in [0, 0.05) is 70.7 Å². The quantitative estimate of drug-likeness (QED) is 0.384. The minimum Gasteiger partial charge on any atom is -0.461 e. The van der Waals surface area contributed by atoms with Crippen molar-refractivity contribution in [2.75, 3.05) is 90.2 Å². The van der Waals surface area contributed by atoms with Crippen LogP contribution in [0.5, 0.6) is 0 Å². The molecule has 0 bridgehead atoms. The van der Waals surface area contributed by atoms with Crippen LogP contribution in [0.1, 0.15) is 12.8 Å². The standard InChI is InChI=1S/C28H38N6O4/c35-26(29-9-13-33-16-21-37-22-17-33)8-12-34(11-4-10-32-14-19-36-20-15-32)28-23-5-1-2-6-24(23)30-27(31-28)25-7-3-18-38-25/h1-3,5-7,18H,4,8-17,19-22H2,(H,29,35). The predicted molar refractivity (Wildman–Crippen MR) is 146 cm³/mol. The van der Waals surface area contributed by atoms with Gasteiger partial charge in [-0.1, -0.05) is 12.1 Å². The lowest BCUT2D eigenvalue weighted by atomic mass is 10.2. The Morgan fingerprint density at radius 3 is 2.37 bits per heavy atom. The molecular formula is C28H38N6O4. The van der Waals surface area contributed by atoms with Crippen molar-refractivity contribution >= 4 is 22.6 Å². The van der Waals surface area contributed by atoms with Crippen molar-refractivity contribution in [3.05, 3.63) is 42.7 Å². The molecular weight excluding hydrogens is 484 g/mol. The van der Waals surface area contributed by atoms with E-state index in [1.165, 1.54) is 0 Å². The molecule has 0 unspecified atom stereocenters. The Morgan fingerprint density at radius 1 is 0.895 bits per heavy atom. The van der Waals surface area contributed by atoms with E-state index in [0.29, 0.717) is 31.1 Å². The minimum absolute atomic E-state index is 0.0565. The summed E-state index contributed by atoms with van der Waals surface area (Å²) in [6, 6.07) is 11.8. The molecule has 0 atom stereocenters. The molecule has 3 aromatic rings. The van der Waals surface area contributed by atoms with Gasteiger partial charge in [-0.3, -0.25) is 14.6 Å². The third kappa shape index (κ3) is 7.28. The molecule has 0 spiro atoms. The van der Waals surface area contributed by atoms with E-state index in [1.54, 1.807) is 6.26 Å². The van der Waals surface area contributed by atoms with Crippen LogP contribution >= 0.6 is 0 Å². The number of furan rings is 1. The number of morpholine rings is 2. The maximum absolute atomic E-state index is 12.8. The van der Waals surface area contributed by atoms with Crippen LogP contribution in [0.2, 0.25) is 0 Å². The summed E-state index contributed by atoms with van der Waals surface area (Å²) in [6.07, 6.45) is 3.00. The SMILES string of the molecule is O=C(CCN(CCCN1CCOCC1)c1nc(-c2ccco2)nc2ccccc12)NCCN1CCOCC1. The molecule has 38 heavy (non-hydrogen) atoms. The van der Waals surface area contributed by atoms with Crippen LogP contribution in [0.15, 0.2) is 47.1 Å². The third-order valence-corrected chi connectivity index (χ3v) is 7.09. The van der Waals surface area contributed by atoms with Crippen molar-refractivity contribution in [3.63, 3.8) is 0 Å². The number of para-hydroxylation sites is 1. The molecule has 1 amide bonds. The highest BCUT2D eigenvalue weighted by Crippen LogP contribution is 2.28. The second kappa shape index (κ2) is 13.7. The van der Waals surface area contributed by atoms with Gasteiger partial charge in [0.2, 0.25) is 5.91 Å². The van der Waals surface area contributed by atoms with Gasteiger partial charge in [0.25, 0.3) is 0 Å². The summed E-state index contributed by atoms with van der Waals surface area (Å²) in [5.41, 5.74) is 0.858. The number of nitrogens with zero attached hydrogens (tertiary/aromatic N) is 5. The Morgan fingerprint density at radius 2 is 1.63 bits per heavy atom. The second-order valence-corrected chi connectivity index (χ2v) is 9.71. The summed E-state index contributed by atoms with van der Waals surface area (Å²) in [4.78, 5) is 29.5. The zero-order chi connectivity index (χ0) is 26.0. The highest BCUT2D eigenvalue weighted by Gasteiger charge is 2.19. The average Bonchev–Trinajstić information content (AvgIpc) is 3.51. The number of fused-ring (bicyclic) bond motifs is 1. The molecule has 2 saturated heterocycles. The summed E-state index contributed by atoms with van der Waals surface area (Å²) >= 11 is 0. The summed E-state index contributed by atoms with van der Waals surface area (Å²) in [6.45, 7) is 10.7. The van der Waals surface area contributed by atoms with E-state index < -0.39 is 0 Å². The van der Waals surface area contributed by atoms with Crippen LogP contribution in [-0.2, 0) is 14.3 Å². The number of aromatic nitrogens is 2. The van der Waals surface area contributed by atoms with Crippen LogP contribution in [0.4, 0.5) is 5.82 Å². The van der Waals surface area contributed by atoms with Crippen LogP contribution < -0.4 is 10.2 Å². The fourth-order valence-electron chi connectivity index (χ4n) is 4.95. The van der Waals surface area contributed by atoms with E-state index in [2.05, 4.69) is 20.0 Å². The maximum atomic E-state index is 12.8. The number of amides is 1. The Hall–Kier alpha value is -3.05. The topological polar surface area (TPSA) is 96.2 Å². The Bertz CT molecular complexity index is 1150. The van der Waals surface area contributed by atoms with Crippen LogP contribution in [-0.4, -0.2) is 111 Å². The molecule has 0 radical (unpaired) electrons. The second-order valence-electron chi connectivity index (χ2n) is 9.71. The minimum atomic E-state index is 0.0565. The lowest BCUT2D eigenvalue weighted by molar-refractivity contribution is -0.121. The predicted octanol–water partition coefficient (Wildman–Crippen LogP) is 2.26. The molecule has 5 rings (SSSR count). The number of carbonyl (C=O) groups is 1. The molecule has 4 heterocycles. The Labute approximate surface area is 223 Å². The van der Waals surface area contributed by atoms with E-state index in [0.717, 1.165) is 95.4 Å². The summed E-state index contributed by atoms with van der Waals surface area (Å²) in [5, 5.41) is 4.07. The molecule has 204 valence electrons. The highest BCUT2D eigenvalue weighted by atomic mass is 16.5. The number of benzene rings is 1. The van der Waals surface area contributed by atoms with Gasteiger partial charge in [-0.15, -0.1) is 0 Å². The molecule has 0 aliphatic carbocycles.